The van der Waals surface area contributed by atoms with E-state index in [1.54, 1.807) is 4.90 Å². The molecule has 1 nitrogen and oxygen atoms in total. The van der Waals surface area contributed by atoms with Crippen molar-refractivity contribution in [3.63, 3.8) is 0 Å². The van der Waals surface area contributed by atoms with E-state index >= 15 is 0 Å². The lowest BCUT2D eigenvalue weighted by molar-refractivity contribution is -0.149. The van der Waals surface area contributed by atoms with Gasteiger partial charge >= 0.3 is 6.18 Å². The lowest BCUT2D eigenvalue weighted by Gasteiger charge is -2.28. The summed E-state index contributed by atoms with van der Waals surface area (Å²) in [6.07, 6.45) is -1.95. The highest BCUT2D eigenvalue weighted by molar-refractivity contribution is 5.00. The van der Waals surface area contributed by atoms with Gasteiger partial charge in [-0.1, -0.05) is 13.8 Å². The van der Waals surface area contributed by atoms with E-state index in [2.05, 4.69) is 13.8 Å². The first-order chi connectivity index (χ1) is 6.88. The first kappa shape index (κ1) is 11.2. The molecule has 1 heterocycles. The SMILES string of the molecule is CC(C)C1C2CCC1N(CC(F)(F)F)C2. The van der Waals surface area contributed by atoms with E-state index in [0.717, 1.165) is 12.8 Å². The third kappa shape index (κ3) is 2.14. The van der Waals surface area contributed by atoms with E-state index in [0.29, 0.717) is 24.3 Å². The summed E-state index contributed by atoms with van der Waals surface area (Å²) < 4.78 is 37.0. The van der Waals surface area contributed by atoms with Crippen LogP contribution in [-0.4, -0.2) is 30.2 Å². The Balaban J connectivity index is 2.02. The summed E-state index contributed by atoms with van der Waals surface area (Å²) >= 11 is 0. The molecule has 3 unspecified atom stereocenters. The van der Waals surface area contributed by atoms with Gasteiger partial charge in [-0.3, -0.25) is 4.90 Å². The van der Waals surface area contributed by atoms with Crippen molar-refractivity contribution < 1.29 is 13.2 Å². The molecule has 1 saturated heterocycles. The smallest absolute Gasteiger partial charge is 0.291 e. The molecule has 88 valence electrons. The fourth-order valence-corrected chi connectivity index (χ4v) is 3.56. The van der Waals surface area contributed by atoms with Crippen LogP contribution >= 0.6 is 0 Å². The Hall–Kier alpha value is -0.250. The summed E-state index contributed by atoms with van der Waals surface area (Å²) in [6.45, 7) is 4.21. The molecule has 3 atom stereocenters. The van der Waals surface area contributed by atoms with Gasteiger partial charge in [-0.2, -0.15) is 13.2 Å². The Kier molecular flexibility index (Phi) is 2.73. The Labute approximate surface area is 88.6 Å². The molecule has 0 spiro atoms. The lowest BCUT2D eigenvalue weighted by atomic mass is 9.87. The van der Waals surface area contributed by atoms with Crippen molar-refractivity contribution in [2.75, 3.05) is 13.1 Å². The normalized spacial score (nSPS) is 36.8. The molecule has 2 bridgehead atoms. The van der Waals surface area contributed by atoms with E-state index in [1.807, 2.05) is 0 Å². The molecule has 0 aromatic rings. The van der Waals surface area contributed by atoms with Crippen molar-refractivity contribution >= 4 is 0 Å². The number of fused-ring (bicyclic) bond motifs is 2. The van der Waals surface area contributed by atoms with Crippen LogP contribution in [0.1, 0.15) is 26.7 Å². The van der Waals surface area contributed by atoms with Gasteiger partial charge in [0.05, 0.1) is 6.54 Å². The zero-order chi connectivity index (χ0) is 11.2. The second kappa shape index (κ2) is 3.65. The quantitative estimate of drug-likeness (QED) is 0.693. The van der Waals surface area contributed by atoms with Crippen LogP contribution in [0.4, 0.5) is 13.2 Å². The van der Waals surface area contributed by atoms with E-state index in [-0.39, 0.29) is 6.04 Å². The Morgan fingerprint density at radius 1 is 1.27 bits per heavy atom. The van der Waals surface area contributed by atoms with Crippen molar-refractivity contribution in [1.82, 2.24) is 4.90 Å². The van der Waals surface area contributed by atoms with E-state index in [4.69, 9.17) is 0 Å². The van der Waals surface area contributed by atoms with Crippen LogP contribution < -0.4 is 0 Å². The third-order valence-corrected chi connectivity index (χ3v) is 3.91. The number of likely N-dealkylation sites (tertiary alicyclic amines) is 1. The fourth-order valence-electron chi connectivity index (χ4n) is 3.56. The highest BCUT2D eigenvalue weighted by Crippen LogP contribution is 2.46. The second-order valence-corrected chi connectivity index (χ2v) is 5.27. The first-order valence-corrected chi connectivity index (χ1v) is 5.69. The molecule has 0 amide bonds. The molecule has 1 aliphatic carbocycles. The average Bonchev–Trinajstić information content (AvgIpc) is 2.56. The average molecular weight is 221 g/mol. The summed E-state index contributed by atoms with van der Waals surface area (Å²) in [5, 5.41) is 0. The van der Waals surface area contributed by atoms with Crippen molar-refractivity contribution in [2.45, 2.75) is 38.9 Å². The largest absolute Gasteiger partial charge is 0.401 e. The molecule has 1 aliphatic heterocycles. The van der Waals surface area contributed by atoms with Gasteiger partial charge in [-0.05, 0) is 30.6 Å². The lowest BCUT2D eigenvalue weighted by Crippen LogP contribution is -2.40. The maximum absolute atomic E-state index is 12.3. The maximum atomic E-state index is 12.3. The molecular formula is C11H18F3N. The Morgan fingerprint density at radius 2 is 1.93 bits per heavy atom. The molecule has 1 saturated carbocycles. The number of piperidine rings is 1. The summed E-state index contributed by atoms with van der Waals surface area (Å²) in [6, 6.07) is 0.191. The van der Waals surface area contributed by atoms with Crippen molar-refractivity contribution in [1.29, 1.82) is 0 Å². The number of hydrogen-bond acceptors (Lipinski definition) is 1. The molecule has 0 N–H and O–H groups in total. The van der Waals surface area contributed by atoms with Crippen LogP contribution in [0.2, 0.25) is 0 Å². The molecule has 4 heteroatoms. The van der Waals surface area contributed by atoms with Crippen molar-refractivity contribution in [3.05, 3.63) is 0 Å². The van der Waals surface area contributed by atoms with Crippen LogP contribution in [0, 0.1) is 17.8 Å². The van der Waals surface area contributed by atoms with E-state index < -0.39 is 12.7 Å². The topological polar surface area (TPSA) is 3.24 Å². The number of halogens is 3. The number of rotatable bonds is 2. The number of alkyl halides is 3. The van der Waals surface area contributed by atoms with Crippen molar-refractivity contribution in [2.24, 2.45) is 17.8 Å². The second-order valence-electron chi connectivity index (χ2n) is 5.27. The summed E-state index contributed by atoms with van der Waals surface area (Å²) in [5.74, 6) is 1.52. The van der Waals surface area contributed by atoms with Gasteiger partial charge < -0.3 is 0 Å². The van der Waals surface area contributed by atoms with Gasteiger partial charge in [0.2, 0.25) is 0 Å². The molecule has 0 aromatic carbocycles. The van der Waals surface area contributed by atoms with Crippen LogP contribution in [0.3, 0.4) is 0 Å². The summed E-state index contributed by atoms with van der Waals surface area (Å²) in [5.41, 5.74) is 0. The minimum Gasteiger partial charge on any atom is -0.291 e. The standard InChI is InChI=1S/C11H18F3N/c1-7(2)10-8-3-4-9(10)15(5-8)6-11(12,13)14/h7-10H,3-6H2,1-2H3. The van der Waals surface area contributed by atoms with Gasteiger partial charge in [0.1, 0.15) is 0 Å². The van der Waals surface area contributed by atoms with Crippen molar-refractivity contribution in [3.8, 4) is 0 Å². The molecule has 15 heavy (non-hydrogen) atoms. The van der Waals surface area contributed by atoms with Gasteiger partial charge in [0, 0.05) is 12.6 Å². The molecule has 2 aliphatic rings. The monoisotopic (exact) mass is 221 g/mol. The zero-order valence-corrected chi connectivity index (χ0v) is 9.22. The van der Waals surface area contributed by atoms with E-state index in [9.17, 15) is 13.2 Å². The number of hydrogen-bond donors (Lipinski definition) is 0. The molecular weight excluding hydrogens is 203 g/mol. The van der Waals surface area contributed by atoms with Gasteiger partial charge in [-0.15, -0.1) is 0 Å². The Morgan fingerprint density at radius 3 is 2.40 bits per heavy atom. The summed E-state index contributed by atoms with van der Waals surface area (Å²) in [4.78, 5) is 1.65. The Bertz CT molecular complexity index is 236. The van der Waals surface area contributed by atoms with Gasteiger partial charge in [-0.25, -0.2) is 0 Å². The number of nitrogens with zero attached hydrogens (tertiary/aromatic N) is 1. The van der Waals surface area contributed by atoms with Crippen LogP contribution in [-0.2, 0) is 0 Å². The van der Waals surface area contributed by atoms with E-state index in [1.165, 1.54) is 0 Å². The predicted octanol–water partition coefficient (Wildman–Crippen LogP) is 2.92. The molecule has 0 aromatic heterocycles. The van der Waals surface area contributed by atoms with Gasteiger partial charge in [0.25, 0.3) is 0 Å². The van der Waals surface area contributed by atoms with Crippen LogP contribution in [0.15, 0.2) is 0 Å². The minimum atomic E-state index is -4.04. The zero-order valence-electron chi connectivity index (χ0n) is 9.22. The minimum absolute atomic E-state index is 0.191. The first-order valence-electron chi connectivity index (χ1n) is 5.69. The highest BCUT2D eigenvalue weighted by atomic mass is 19.4. The summed E-state index contributed by atoms with van der Waals surface area (Å²) in [7, 11) is 0. The highest BCUT2D eigenvalue weighted by Gasteiger charge is 2.50. The molecule has 2 rings (SSSR count). The van der Waals surface area contributed by atoms with Gasteiger partial charge in [0.15, 0.2) is 0 Å². The molecule has 0 radical (unpaired) electrons. The fraction of sp³-hybridized carbons (Fsp3) is 1.00. The predicted molar refractivity (Wildman–Crippen MR) is 52.5 cm³/mol. The van der Waals surface area contributed by atoms with Crippen LogP contribution in [0.5, 0.6) is 0 Å². The third-order valence-electron chi connectivity index (χ3n) is 3.91. The molecule has 2 fully saturated rings. The van der Waals surface area contributed by atoms with Crippen LogP contribution in [0.25, 0.3) is 0 Å². The maximum Gasteiger partial charge on any atom is 0.401 e.